The number of fused-ring (bicyclic) bond motifs is 1. The Kier molecular flexibility index (Phi) is 8.20. The highest BCUT2D eigenvalue weighted by Crippen LogP contribution is 2.52. The number of ether oxygens (including phenoxy) is 1. The van der Waals surface area contributed by atoms with Gasteiger partial charge < -0.3 is 10.1 Å². The molecule has 0 spiro atoms. The summed E-state index contributed by atoms with van der Waals surface area (Å²) in [6, 6.07) is 22.6. The number of hydrogen-bond donors (Lipinski definition) is 1. The molecular weight excluding hydrogens is 468 g/mol. The number of nitrogens with zero attached hydrogens (tertiary/aromatic N) is 1. The van der Waals surface area contributed by atoms with Gasteiger partial charge in [0, 0.05) is 11.8 Å². The maximum absolute atomic E-state index is 12.9. The molecule has 1 N–H and O–H groups in total. The third-order valence-electron chi connectivity index (χ3n) is 7.45. The van der Waals surface area contributed by atoms with Crippen LogP contribution in [0.2, 0.25) is 0 Å². The first-order valence-corrected chi connectivity index (χ1v) is 13.6. The summed E-state index contributed by atoms with van der Waals surface area (Å²) >= 11 is 0. The zero-order valence-electron chi connectivity index (χ0n) is 23.2. The van der Waals surface area contributed by atoms with Crippen LogP contribution < -0.4 is 5.32 Å². The van der Waals surface area contributed by atoms with Crippen molar-refractivity contribution in [1.82, 2.24) is 10.3 Å². The highest BCUT2D eigenvalue weighted by atomic mass is 16.6. The molecule has 1 aliphatic rings. The van der Waals surface area contributed by atoms with E-state index < -0.39 is 5.60 Å². The Bertz CT molecular complexity index is 1290. The monoisotopic (exact) mass is 508 g/mol. The van der Waals surface area contributed by atoms with E-state index in [-0.39, 0.29) is 17.6 Å². The molecule has 1 amide bonds. The summed E-state index contributed by atoms with van der Waals surface area (Å²) in [5.41, 5.74) is 6.78. The van der Waals surface area contributed by atoms with Gasteiger partial charge in [0.25, 0.3) is 0 Å². The van der Waals surface area contributed by atoms with Crippen LogP contribution in [0.3, 0.4) is 0 Å². The predicted octanol–water partition coefficient (Wildman–Crippen LogP) is 8.55. The van der Waals surface area contributed by atoms with E-state index in [1.807, 2.05) is 51.2 Å². The molecular formula is C34H40N2O2. The maximum atomic E-state index is 12.9. The van der Waals surface area contributed by atoms with Crippen LogP contribution in [-0.4, -0.2) is 16.7 Å². The molecule has 3 aromatic rings. The van der Waals surface area contributed by atoms with Crippen molar-refractivity contribution in [3.8, 4) is 0 Å². The minimum Gasteiger partial charge on any atom is -0.444 e. The maximum Gasteiger partial charge on any atom is 0.408 e. The molecule has 4 nitrogen and oxygen atoms in total. The van der Waals surface area contributed by atoms with Gasteiger partial charge >= 0.3 is 6.09 Å². The molecule has 2 unspecified atom stereocenters. The largest absolute Gasteiger partial charge is 0.444 e. The number of hydrogen-bond acceptors (Lipinski definition) is 3. The number of aromatic nitrogens is 1. The minimum atomic E-state index is -0.548. The van der Waals surface area contributed by atoms with Crippen molar-refractivity contribution in [3.05, 3.63) is 114 Å². The number of pyridine rings is 1. The van der Waals surface area contributed by atoms with Crippen molar-refractivity contribution in [2.45, 2.75) is 71.4 Å². The standard InChI is InChI=1S/C34H40N2O2/c1-7-20-34(22-27-15-11-12-16-29(27)31(34)36-32(37)38-33(4,5)6)21-19-24(2)30-18-17-28(23-35-30)25(3)26-13-9-8-10-14-26/h8-18,23,31H,2-3,7,19-22H2,1,4-6H3,(H,36,37). The summed E-state index contributed by atoms with van der Waals surface area (Å²) in [5.74, 6) is 0. The van der Waals surface area contributed by atoms with E-state index in [2.05, 4.69) is 67.9 Å². The third-order valence-corrected chi connectivity index (χ3v) is 7.45. The summed E-state index contributed by atoms with van der Waals surface area (Å²) < 4.78 is 5.66. The van der Waals surface area contributed by atoms with Crippen LogP contribution >= 0.6 is 0 Å². The van der Waals surface area contributed by atoms with Crippen molar-refractivity contribution in [2.75, 3.05) is 0 Å². The van der Waals surface area contributed by atoms with Crippen molar-refractivity contribution < 1.29 is 9.53 Å². The van der Waals surface area contributed by atoms with Gasteiger partial charge in [-0.15, -0.1) is 0 Å². The van der Waals surface area contributed by atoms with Crippen molar-refractivity contribution >= 4 is 17.2 Å². The van der Waals surface area contributed by atoms with E-state index in [1.54, 1.807) is 0 Å². The first-order valence-electron chi connectivity index (χ1n) is 13.6. The molecule has 0 saturated carbocycles. The lowest BCUT2D eigenvalue weighted by molar-refractivity contribution is 0.0435. The zero-order valence-corrected chi connectivity index (χ0v) is 23.2. The van der Waals surface area contributed by atoms with Crippen LogP contribution in [-0.2, 0) is 11.2 Å². The zero-order chi connectivity index (χ0) is 27.3. The molecule has 1 aromatic heterocycles. The van der Waals surface area contributed by atoms with Crippen LogP contribution in [0.1, 0.15) is 87.4 Å². The van der Waals surface area contributed by atoms with Gasteiger partial charge in [0.05, 0.1) is 11.7 Å². The fourth-order valence-electron chi connectivity index (χ4n) is 5.65. The van der Waals surface area contributed by atoms with Gasteiger partial charge in [-0.25, -0.2) is 4.79 Å². The van der Waals surface area contributed by atoms with E-state index in [1.165, 1.54) is 11.1 Å². The first-order chi connectivity index (χ1) is 18.1. The first kappa shape index (κ1) is 27.4. The molecule has 4 rings (SSSR count). The van der Waals surface area contributed by atoms with Crippen LogP contribution in [0.25, 0.3) is 11.1 Å². The summed E-state index contributed by atoms with van der Waals surface area (Å²) in [7, 11) is 0. The van der Waals surface area contributed by atoms with E-state index in [0.29, 0.717) is 0 Å². The van der Waals surface area contributed by atoms with Gasteiger partial charge in [0.1, 0.15) is 5.60 Å². The summed E-state index contributed by atoms with van der Waals surface area (Å²) in [6.07, 6.45) is 6.17. The number of carbonyl (C=O) groups is 1. The summed E-state index contributed by atoms with van der Waals surface area (Å²) in [5, 5.41) is 3.25. The molecule has 4 heteroatoms. The average molecular weight is 509 g/mol. The average Bonchev–Trinajstić information content (AvgIpc) is 3.19. The smallest absolute Gasteiger partial charge is 0.408 e. The third kappa shape index (κ3) is 6.24. The van der Waals surface area contributed by atoms with Gasteiger partial charge in [-0.3, -0.25) is 4.98 Å². The lowest BCUT2D eigenvalue weighted by Gasteiger charge is -2.37. The Balaban J connectivity index is 1.51. The van der Waals surface area contributed by atoms with E-state index >= 15 is 0 Å². The Morgan fingerprint density at radius 2 is 1.71 bits per heavy atom. The molecule has 0 saturated heterocycles. The van der Waals surface area contributed by atoms with Crippen LogP contribution in [0.4, 0.5) is 4.79 Å². The fourth-order valence-corrected chi connectivity index (χ4v) is 5.65. The molecule has 0 aliphatic heterocycles. The lowest BCUT2D eigenvalue weighted by atomic mass is 9.72. The molecule has 1 heterocycles. The quantitative estimate of drug-likeness (QED) is 0.315. The molecule has 38 heavy (non-hydrogen) atoms. The highest BCUT2D eigenvalue weighted by molar-refractivity contribution is 5.78. The Hall–Kier alpha value is -3.66. The predicted molar refractivity (Wildman–Crippen MR) is 157 cm³/mol. The Labute approximate surface area is 227 Å². The van der Waals surface area contributed by atoms with Crippen molar-refractivity contribution in [2.24, 2.45) is 5.41 Å². The van der Waals surface area contributed by atoms with Crippen molar-refractivity contribution in [3.63, 3.8) is 0 Å². The van der Waals surface area contributed by atoms with Crippen LogP contribution in [0, 0.1) is 5.41 Å². The number of amides is 1. The Morgan fingerprint density at radius 1 is 1.00 bits per heavy atom. The van der Waals surface area contributed by atoms with Gasteiger partial charge in [-0.2, -0.15) is 0 Å². The molecule has 1 aliphatic carbocycles. The number of allylic oxidation sites excluding steroid dienone is 1. The lowest BCUT2D eigenvalue weighted by Crippen LogP contribution is -2.41. The number of alkyl carbamates (subject to hydrolysis) is 1. The Morgan fingerprint density at radius 3 is 2.37 bits per heavy atom. The molecule has 2 atom stereocenters. The van der Waals surface area contributed by atoms with Crippen LogP contribution in [0.5, 0.6) is 0 Å². The second-order valence-electron chi connectivity index (χ2n) is 11.4. The number of rotatable bonds is 9. The van der Waals surface area contributed by atoms with Crippen molar-refractivity contribution in [1.29, 1.82) is 0 Å². The molecule has 2 aromatic carbocycles. The summed E-state index contributed by atoms with van der Waals surface area (Å²) in [4.78, 5) is 17.6. The van der Waals surface area contributed by atoms with Gasteiger partial charge in [0.2, 0.25) is 0 Å². The SMILES string of the molecule is C=C(c1ccccc1)c1ccc(C(=C)CCC2(CCC)Cc3ccccc3C2NC(=O)OC(C)(C)C)nc1. The van der Waals surface area contributed by atoms with E-state index in [9.17, 15) is 4.79 Å². The number of benzene rings is 2. The normalized spacial score (nSPS) is 18.5. The second kappa shape index (κ2) is 11.4. The van der Waals surface area contributed by atoms with Gasteiger partial charge in [-0.1, -0.05) is 87.2 Å². The molecule has 198 valence electrons. The molecule has 0 radical (unpaired) electrons. The minimum absolute atomic E-state index is 0.106. The van der Waals surface area contributed by atoms with Gasteiger partial charge in [0.15, 0.2) is 0 Å². The fraction of sp³-hybridized carbons (Fsp3) is 0.353. The topological polar surface area (TPSA) is 51.2 Å². The number of nitrogens with one attached hydrogen (secondary N) is 1. The molecule has 0 bridgehead atoms. The van der Waals surface area contributed by atoms with Gasteiger partial charge in [-0.05, 0) is 85.8 Å². The highest BCUT2D eigenvalue weighted by Gasteiger charge is 2.46. The van der Waals surface area contributed by atoms with Crippen LogP contribution in [0.15, 0.2) is 86.1 Å². The van der Waals surface area contributed by atoms with E-state index in [4.69, 9.17) is 9.72 Å². The summed E-state index contributed by atoms with van der Waals surface area (Å²) in [6.45, 7) is 16.5. The number of carbonyl (C=O) groups excluding carboxylic acids is 1. The molecule has 0 fully saturated rings. The van der Waals surface area contributed by atoms with E-state index in [0.717, 1.165) is 60.1 Å². The second-order valence-corrected chi connectivity index (χ2v) is 11.4.